The third kappa shape index (κ3) is 5.24. The second-order valence-electron chi connectivity index (χ2n) is 6.56. The molecule has 22 heavy (non-hydrogen) atoms. The van der Waals surface area contributed by atoms with E-state index in [4.69, 9.17) is 9.47 Å². The molecule has 1 fully saturated rings. The summed E-state index contributed by atoms with van der Waals surface area (Å²) in [6, 6.07) is 7.94. The molecular formula is C18H27NO3. The topological polar surface area (TPSA) is 47.6 Å². The maximum atomic E-state index is 11.9. The molecule has 1 aliphatic carbocycles. The third-order valence-electron chi connectivity index (χ3n) is 4.00. The van der Waals surface area contributed by atoms with Gasteiger partial charge >= 0.3 is 6.09 Å². The molecule has 0 saturated heterocycles. The number of carbonyl (C=O) groups excluding carboxylic acids is 1. The summed E-state index contributed by atoms with van der Waals surface area (Å²) in [5, 5.41) is 2.86. The Labute approximate surface area is 133 Å². The first-order valence-electron chi connectivity index (χ1n) is 8.13. The number of carbonyl (C=O) groups is 1. The van der Waals surface area contributed by atoms with E-state index in [1.165, 1.54) is 0 Å². The summed E-state index contributed by atoms with van der Waals surface area (Å²) in [5.41, 5.74) is 0.832. The maximum Gasteiger partial charge on any atom is 0.407 e. The molecule has 1 amide bonds. The maximum absolute atomic E-state index is 11.9. The molecule has 0 aromatic heterocycles. The quantitative estimate of drug-likeness (QED) is 0.740. The van der Waals surface area contributed by atoms with Crippen molar-refractivity contribution in [2.24, 2.45) is 5.92 Å². The standard InChI is InChI=1S/C18H27NO3/c1-14(2)6-5-11-19-17(20)22-18(9-10-18)13-15-7-4-8-16(12-15)21-3/h4,7-8,12,14H,5-6,9-11,13H2,1-3H3,(H,19,20). The highest BCUT2D eigenvalue weighted by Crippen LogP contribution is 2.42. The lowest BCUT2D eigenvalue weighted by Gasteiger charge is -2.17. The molecule has 0 bridgehead atoms. The van der Waals surface area contributed by atoms with Gasteiger partial charge in [0.1, 0.15) is 11.4 Å². The minimum absolute atomic E-state index is 0.288. The van der Waals surface area contributed by atoms with Crippen molar-refractivity contribution in [3.05, 3.63) is 29.8 Å². The molecule has 1 aliphatic rings. The van der Waals surface area contributed by atoms with E-state index in [1.54, 1.807) is 7.11 Å². The largest absolute Gasteiger partial charge is 0.497 e. The Morgan fingerprint density at radius 2 is 2.14 bits per heavy atom. The van der Waals surface area contributed by atoms with Crippen LogP contribution in [0.1, 0.15) is 45.1 Å². The lowest BCUT2D eigenvalue weighted by molar-refractivity contribution is 0.0825. The van der Waals surface area contributed by atoms with E-state index in [0.29, 0.717) is 12.5 Å². The van der Waals surface area contributed by atoms with Crippen molar-refractivity contribution in [2.75, 3.05) is 13.7 Å². The van der Waals surface area contributed by atoms with Gasteiger partial charge in [-0.15, -0.1) is 0 Å². The summed E-state index contributed by atoms with van der Waals surface area (Å²) in [6.45, 7) is 5.06. The number of hydrogen-bond acceptors (Lipinski definition) is 3. The van der Waals surface area contributed by atoms with Gasteiger partial charge in [0, 0.05) is 13.0 Å². The van der Waals surface area contributed by atoms with Crippen molar-refractivity contribution in [1.82, 2.24) is 5.32 Å². The monoisotopic (exact) mass is 305 g/mol. The number of methoxy groups -OCH3 is 1. The Balaban J connectivity index is 1.77. The lowest BCUT2D eigenvalue weighted by atomic mass is 10.1. The molecule has 0 heterocycles. The van der Waals surface area contributed by atoms with Gasteiger partial charge in [-0.1, -0.05) is 26.0 Å². The van der Waals surface area contributed by atoms with Crippen molar-refractivity contribution in [1.29, 1.82) is 0 Å². The highest BCUT2D eigenvalue weighted by Gasteiger charge is 2.46. The van der Waals surface area contributed by atoms with E-state index in [1.807, 2.05) is 24.3 Å². The van der Waals surface area contributed by atoms with Gasteiger partial charge in [0.25, 0.3) is 0 Å². The van der Waals surface area contributed by atoms with Crippen LogP contribution in [0.5, 0.6) is 5.75 Å². The highest BCUT2D eigenvalue weighted by atomic mass is 16.6. The number of nitrogens with one attached hydrogen (secondary N) is 1. The first-order chi connectivity index (χ1) is 10.5. The Morgan fingerprint density at radius 1 is 1.36 bits per heavy atom. The zero-order valence-electron chi connectivity index (χ0n) is 13.9. The fraction of sp³-hybridized carbons (Fsp3) is 0.611. The van der Waals surface area contributed by atoms with Crippen LogP contribution in [0.3, 0.4) is 0 Å². The van der Waals surface area contributed by atoms with Crippen molar-refractivity contribution in [3.63, 3.8) is 0 Å². The number of amides is 1. The number of benzene rings is 1. The molecule has 1 N–H and O–H groups in total. The molecule has 4 heteroatoms. The second kappa shape index (κ2) is 7.52. The van der Waals surface area contributed by atoms with Crippen LogP contribution in [0.2, 0.25) is 0 Å². The highest BCUT2D eigenvalue weighted by molar-refractivity contribution is 5.68. The first-order valence-corrected chi connectivity index (χ1v) is 8.13. The molecular weight excluding hydrogens is 278 g/mol. The average Bonchev–Trinajstić information content (AvgIpc) is 3.22. The van der Waals surface area contributed by atoms with E-state index < -0.39 is 0 Å². The normalized spacial score (nSPS) is 15.5. The van der Waals surface area contributed by atoms with Gasteiger partial charge < -0.3 is 14.8 Å². The van der Waals surface area contributed by atoms with Gasteiger partial charge in [-0.2, -0.15) is 0 Å². The first kappa shape index (κ1) is 16.7. The predicted octanol–water partition coefficient (Wildman–Crippen LogP) is 3.93. The molecule has 4 nitrogen and oxygen atoms in total. The van der Waals surface area contributed by atoms with Crippen molar-refractivity contribution < 1.29 is 14.3 Å². The Hall–Kier alpha value is -1.71. The van der Waals surface area contributed by atoms with Crippen LogP contribution in [-0.4, -0.2) is 25.3 Å². The van der Waals surface area contributed by atoms with Crippen LogP contribution in [0.25, 0.3) is 0 Å². The van der Waals surface area contributed by atoms with Crippen LogP contribution in [0.15, 0.2) is 24.3 Å². The van der Waals surface area contributed by atoms with Gasteiger partial charge in [-0.3, -0.25) is 0 Å². The molecule has 0 spiro atoms. The van der Waals surface area contributed by atoms with E-state index >= 15 is 0 Å². The predicted molar refractivity (Wildman–Crippen MR) is 87.2 cm³/mol. The van der Waals surface area contributed by atoms with Gasteiger partial charge in [-0.05, 0) is 49.3 Å². The molecule has 0 aliphatic heterocycles. The smallest absolute Gasteiger partial charge is 0.407 e. The van der Waals surface area contributed by atoms with Crippen molar-refractivity contribution in [2.45, 2.75) is 51.6 Å². The summed E-state index contributed by atoms with van der Waals surface area (Å²) in [4.78, 5) is 11.9. The molecule has 1 aromatic carbocycles. The van der Waals surface area contributed by atoms with E-state index in [9.17, 15) is 4.79 Å². The number of alkyl carbamates (subject to hydrolysis) is 1. The summed E-state index contributed by atoms with van der Waals surface area (Å²) in [5.74, 6) is 1.51. The summed E-state index contributed by atoms with van der Waals surface area (Å²) in [6.07, 6.45) is 4.45. The fourth-order valence-electron chi connectivity index (χ4n) is 2.54. The number of rotatable bonds is 8. The lowest BCUT2D eigenvalue weighted by Crippen LogP contribution is -2.32. The van der Waals surface area contributed by atoms with Crippen LogP contribution in [-0.2, 0) is 11.2 Å². The van der Waals surface area contributed by atoms with E-state index in [0.717, 1.165) is 43.4 Å². The van der Waals surface area contributed by atoms with Gasteiger partial charge in [0.05, 0.1) is 7.11 Å². The van der Waals surface area contributed by atoms with Gasteiger partial charge in [-0.25, -0.2) is 4.79 Å². The summed E-state index contributed by atoms with van der Waals surface area (Å²) >= 11 is 0. The van der Waals surface area contributed by atoms with Crippen molar-refractivity contribution in [3.8, 4) is 5.75 Å². The van der Waals surface area contributed by atoms with Crippen LogP contribution in [0.4, 0.5) is 4.79 Å². The van der Waals surface area contributed by atoms with Gasteiger partial charge in [0.2, 0.25) is 0 Å². The van der Waals surface area contributed by atoms with E-state index in [-0.39, 0.29) is 11.7 Å². The SMILES string of the molecule is COc1cccc(CC2(OC(=O)NCCCC(C)C)CC2)c1. The molecule has 0 unspecified atom stereocenters. The number of hydrogen-bond donors (Lipinski definition) is 1. The zero-order chi connectivity index (χ0) is 16.0. The Morgan fingerprint density at radius 3 is 2.77 bits per heavy atom. The fourth-order valence-corrected chi connectivity index (χ4v) is 2.54. The summed E-state index contributed by atoms with van der Waals surface area (Å²) < 4.78 is 10.9. The molecule has 0 atom stereocenters. The molecule has 122 valence electrons. The van der Waals surface area contributed by atoms with Crippen LogP contribution < -0.4 is 10.1 Å². The Kier molecular flexibility index (Phi) is 5.69. The van der Waals surface area contributed by atoms with Crippen molar-refractivity contribution >= 4 is 6.09 Å². The van der Waals surface area contributed by atoms with E-state index in [2.05, 4.69) is 19.2 Å². The molecule has 1 aromatic rings. The van der Waals surface area contributed by atoms with Crippen LogP contribution >= 0.6 is 0 Å². The Bertz CT molecular complexity index is 495. The molecule has 0 radical (unpaired) electrons. The van der Waals surface area contributed by atoms with Gasteiger partial charge in [0.15, 0.2) is 0 Å². The minimum Gasteiger partial charge on any atom is -0.497 e. The second-order valence-corrected chi connectivity index (χ2v) is 6.56. The number of ether oxygens (including phenoxy) is 2. The third-order valence-corrected chi connectivity index (χ3v) is 4.00. The summed E-state index contributed by atoms with van der Waals surface area (Å²) in [7, 11) is 1.66. The van der Waals surface area contributed by atoms with Crippen LogP contribution in [0, 0.1) is 5.92 Å². The minimum atomic E-state index is -0.311. The molecule has 2 rings (SSSR count). The molecule has 1 saturated carbocycles. The zero-order valence-corrected chi connectivity index (χ0v) is 13.9. The average molecular weight is 305 g/mol.